The second-order valence-electron chi connectivity index (χ2n) is 7.59. The van der Waals surface area contributed by atoms with Gasteiger partial charge in [0, 0.05) is 36.9 Å². The summed E-state index contributed by atoms with van der Waals surface area (Å²) in [7, 11) is 0. The molecule has 2 saturated heterocycles. The summed E-state index contributed by atoms with van der Waals surface area (Å²) in [6.07, 6.45) is 9.28. The number of likely N-dealkylation sites (tertiary alicyclic amines) is 1. The molecule has 2 aliphatic heterocycles. The standard InChI is InChI=1S/C22H26N4O/c27-21(26-15-3-11-22(17-26)12-14-23-16-22)25-20-9-6-18(7-10-20)5-8-19-4-1-2-13-24-19/h1-2,4-10,13,23H,3,11-12,14-17H2,(H,25,27)/b8-5+/t22-/m1/s1. The van der Waals surface area contributed by atoms with E-state index in [1.807, 2.05) is 59.5 Å². The molecule has 0 saturated carbocycles. The van der Waals surface area contributed by atoms with E-state index in [1.54, 1.807) is 6.20 Å². The number of carbonyl (C=O) groups excluding carboxylic acids is 1. The number of anilines is 1. The summed E-state index contributed by atoms with van der Waals surface area (Å²) in [5, 5.41) is 6.50. The third-order valence-corrected chi connectivity index (χ3v) is 5.58. The summed E-state index contributed by atoms with van der Waals surface area (Å²) >= 11 is 0. The predicted octanol–water partition coefficient (Wildman–Crippen LogP) is 3.86. The smallest absolute Gasteiger partial charge is 0.321 e. The van der Waals surface area contributed by atoms with Gasteiger partial charge >= 0.3 is 6.03 Å². The van der Waals surface area contributed by atoms with E-state index in [0.29, 0.717) is 0 Å². The van der Waals surface area contributed by atoms with Gasteiger partial charge in [-0.15, -0.1) is 0 Å². The van der Waals surface area contributed by atoms with Gasteiger partial charge in [0.05, 0.1) is 5.69 Å². The quantitative estimate of drug-likeness (QED) is 0.872. The Hall–Kier alpha value is -2.66. The van der Waals surface area contributed by atoms with E-state index >= 15 is 0 Å². The van der Waals surface area contributed by atoms with Crippen molar-refractivity contribution in [1.29, 1.82) is 0 Å². The van der Waals surface area contributed by atoms with Crippen LogP contribution in [-0.2, 0) is 0 Å². The molecule has 2 fully saturated rings. The van der Waals surface area contributed by atoms with Crippen LogP contribution in [0.1, 0.15) is 30.5 Å². The van der Waals surface area contributed by atoms with Gasteiger partial charge in [-0.2, -0.15) is 0 Å². The second-order valence-corrected chi connectivity index (χ2v) is 7.59. The van der Waals surface area contributed by atoms with Crippen molar-refractivity contribution in [2.75, 3.05) is 31.5 Å². The Morgan fingerprint density at radius 3 is 2.78 bits per heavy atom. The molecule has 2 aliphatic rings. The average molecular weight is 362 g/mol. The first-order chi connectivity index (χ1) is 13.2. The number of nitrogens with zero attached hydrogens (tertiary/aromatic N) is 2. The Morgan fingerprint density at radius 2 is 2.04 bits per heavy atom. The number of rotatable bonds is 3. The molecule has 2 amide bonds. The number of urea groups is 1. The lowest BCUT2D eigenvalue weighted by atomic mass is 9.79. The summed E-state index contributed by atoms with van der Waals surface area (Å²) in [6.45, 7) is 3.81. The highest BCUT2D eigenvalue weighted by molar-refractivity contribution is 5.89. The Morgan fingerprint density at radius 1 is 1.15 bits per heavy atom. The molecule has 4 rings (SSSR count). The number of carbonyl (C=O) groups is 1. The Balaban J connectivity index is 1.35. The van der Waals surface area contributed by atoms with Crippen molar-refractivity contribution in [3.05, 3.63) is 59.9 Å². The van der Waals surface area contributed by atoms with Crippen molar-refractivity contribution < 1.29 is 4.79 Å². The fraction of sp³-hybridized carbons (Fsp3) is 0.364. The van der Waals surface area contributed by atoms with Crippen LogP contribution in [0.3, 0.4) is 0 Å². The van der Waals surface area contributed by atoms with Crippen LogP contribution in [0.25, 0.3) is 12.2 Å². The van der Waals surface area contributed by atoms with Crippen LogP contribution in [0, 0.1) is 5.41 Å². The van der Waals surface area contributed by atoms with Gasteiger partial charge in [-0.3, -0.25) is 4.98 Å². The zero-order valence-corrected chi connectivity index (χ0v) is 15.5. The molecule has 5 heteroatoms. The summed E-state index contributed by atoms with van der Waals surface area (Å²) in [4.78, 5) is 18.9. The monoisotopic (exact) mass is 362 g/mol. The summed E-state index contributed by atoms with van der Waals surface area (Å²) in [5.41, 5.74) is 3.12. The predicted molar refractivity (Wildman–Crippen MR) is 109 cm³/mol. The van der Waals surface area contributed by atoms with Crippen LogP contribution < -0.4 is 10.6 Å². The number of pyridine rings is 1. The van der Waals surface area contributed by atoms with Crippen molar-refractivity contribution in [3.63, 3.8) is 0 Å². The van der Waals surface area contributed by atoms with Gasteiger partial charge in [-0.25, -0.2) is 4.79 Å². The average Bonchev–Trinajstić information content (AvgIpc) is 3.15. The minimum atomic E-state index is 0.0118. The maximum atomic E-state index is 12.7. The largest absolute Gasteiger partial charge is 0.324 e. The van der Waals surface area contributed by atoms with Crippen LogP contribution in [-0.4, -0.2) is 42.1 Å². The normalized spacial score (nSPS) is 22.4. The van der Waals surface area contributed by atoms with Crippen molar-refractivity contribution in [3.8, 4) is 0 Å². The number of benzene rings is 1. The summed E-state index contributed by atoms with van der Waals surface area (Å²) in [5.74, 6) is 0. The molecule has 3 heterocycles. The van der Waals surface area contributed by atoms with E-state index in [9.17, 15) is 4.79 Å². The van der Waals surface area contributed by atoms with E-state index in [0.717, 1.165) is 49.5 Å². The fourth-order valence-electron chi connectivity index (χ4n) is 4.06. The highest BCUT2D eigenvalue weighted by Gasteiger charge is 2.39. The van der Waals surface area contributed by atoms with Gasteiger partial charge < -0.3 is 15.5 Å². The zero-order chi connectivity index (χ0) is 18.5. The molecule has 1 aromatic carbocycles. The first-order valence-electron chi connectivity index (χ1n) is 9.68. The van der Waals surface area contributed by atoms with Crippen LogP contribution in [0.4, 0.5) is 10.5 Å². The molecule has 2 aromatic rings. The van der Waals surface area contributed by atoms with Crippen molar-refractivity contribution in [1.82, 2.24) is 15.2 Å². The zero-order valence-electron chi connectivity index (χ0n) is 15.5. The molecule has 0 radical (unpaired) electrons. The summed E-state index contributed by atoms with van der Waals surface area (Å²) in [6, 6.07) is 13.8. The van der Waals surface area contributed by atoms with E-state index in [-0.39, 0.29) is 11.4 Å². The molecule has 1 atom stereocenters. The molecule has 1 aromatic heterocycles. The van der Waals surface area contributed by atoms with E-state index < -0.39 is 0 Å². The SMILES string of the molecule is O=C(Nc1ccc(/C=C/c2ccccn2)cc1)N1CCC[C@]2(CCNC2)C1. The summed E-state index contributed by atoms with van der Waals surface area (Å²) < 4.78 is 0. The second kappa shape index (κ2) is 7.92. The molecular weight excluding hydrogens is 336 g/mol. The number of amides is 2. The minimum Gasteiger partial charge on any atom is -0.324 e. The van der Waals surface area contributed by atoms with Crippen molar-refractivity contribution in [2.45, 2.75) is 19.3 Å². The molecule has 140 valence electrons. The van der Waals surface area contributed by atoms with Crippen LogP contribution >= 0.6 is 0 Å². The number of hydrogen-bond donors (Lipinski definition) is 2. The highest BCUT2D eigenvalue weighted by Crippen LogP contribution is 2.35. The first kappa shape index (κ1) is 17.7. The molecule has 0 unspecified atom stereocenters. The lowest BCUT2D eigenvalue weighted by Crippen LogP contribution is -2.48. The van der Waals surface area contributed by atoms with Crippen LogP contribution in [0.5, 0.6) is 0 Å². The number of nitrogens with one attached hydrogen (secondary N) is 2. The van der Waals surface area contributed by atoms with Gasteiger partial charge in [0.1, 0.15) is 0 Å². The third kappa shape index (κ3) is 4.37. The van der Waals surface area contributed by atoms with Crippen LogP contribution in [0.2, 0.25) is 0 Å². The van der Waals surface area contributed by atoms with Crippen LogP contribution in [0.15, 0.2) is 48.7 Å². The molecule has 1 spiro atoms. The maximum Gasteiger partial charge on any atom is 0.321 e. The van der Waals surface area contributed by atoms with Crippen molar-refractivity contribution >= 4 is 23.9 Å². The van der Waals surface area contributed by atoms with Crippen molar-refractivity contribution in [2.24, 2.45) is 5.41 Å². The first-order valence-corrected chi connectivity index (χ1v) is 9.68. The minimum absolute atomic E-state index is 0.0118. The highest BCUT2D eigenvalue weighted by atomic mass is 16.2. The topological polar surface area (TPSA) is 57.3 Å². The fourth-order valence-corrected chi connectivity index (χ4v) is 4.06. The van der Waals surface area contributed by atoms with Gasteiger partial charge in [0.15, 0.2) is 0 Å². The van der Waals surface area contributed by atoms with Gasteiger partial charge in [0.25, 0.3) is 0 Å². The number of hydrogen-bond acceptors (Lipinski definition) is 3. The number of aromatic nitrogens is 1. The molecule has 2 N–H and O–H groups in total. The third-order valence-electron chi connectivity index (χ3n) is 5.58. The maximum absolute atomic E-state index is 12.7. The van der Waals surface area contributed by atoms with Gasteiger partial charge in [-0.1, -0.05) is 24.3 Å². The van der Waals surface area contributed by atoms with E-state index in [2.05, 4.69) is 15.6 Å². The molecule has 0 aliphatic carbocycles. The molecule has 27 heavy (non-hydrogen) atoms. The molecule has 0 bridgehead atoms. The molecule has 5 nitrogen and oxygen atoms in total. The molecular formula is C22H26N4O. The van der Waals surface area contributed by atoms with E-state index in [1.165, 1.54) is 12.8 Å². The number of piperidine rings is 1. The Bertz CT molecular complexity index is 795. The van der Waals surface area contributed by atoms with Gasteiger partial charge in [-0.05, 0) is 61.7 Å². The Labute approximate surface area is 160 Å². The Kier molecular flexibility index (Phi) is 5.21. The lowest BCUT2D eigenvalue weighted by Gasteiger charge is -2.39. The van der Waals surface area contributed by atoms with E-state index in [4.69, 9.17) is 0 Å². The lowest BCUT2D eigenvalue weighted by molar-refractivity contribution is 0.125. The van der Waals surface area contributed by atoms with Gasteiger partial charge in [0.2, 0.25) is 0 Å².